The predicted molar refractivity (Wildman–Crippen MR) is 79.5 cm³/mol. The average molecular weight is 279 g/mol. The summed E-state index contributed by atoms with van der Waals surface area (Å²) in [5.41, 5.74) is 0.734. The fraction of sp³-hybridized carbons (Fsp3) is 0.400. The second kappa shape index (κ2) is 5.25. The van der Waals surface area contributed by atoms with Gasteiger partial charge in [-0.25, -0.2) is 0 Å². The van der Waals surface area contributed by atoms with Crippen LogP contribution in [0.5, 0.6) is 0 Å². The van der Waals surface area contributed by atoms with E-state index in [-0.39, 0.29) is 18.0 Å². The minimum Gasteiger partial charge on any atom is -0.350 e. The van der Waals surface area contributed by atoms with Crippen LogP contribution in [0, 0.1) is 0 Å². The zero-order valence-electron chi connectivity index (χ0n) is 11.5. The van der Waals surface area contributed by atoms with Gasteiger partial charge in [0.05, 0.1) is 10.5 Å². The standard InChI is InChI=1S/C15H19ClN2O/c1-4-15(2,3)17-13(19)10-18-9-8-11-6-5-7-12(16)14(11)18/h5-9H,4,10H2,1-3H3,(H,17,19). The minimum absolute atomic E-state index is 0.00395. The van der Waals surface area contributed by atoms with Gasteiger partial charge < -0.3 is 9.88 Å². The Morgan fingerprint density at radius 3 is 2.79 bits per heavy atom. The molecule has 1 aromatic heterocycles. The number of fused-ring (bicyclic) bond motifs is 1. The Hall–Kier alpha value is -1.48. The van der Waals surface area contributed by atoms with Gasteiger partial charge in [0.1, 0.15) is 6.54 Å². The molecule has 0 unspecified atom stereocenters. The van der Waals surface area contributed by atoms with E-state index in [1.165, 1.54) is 0 Å². The van der Waals surface area contributed by atoms with Gasteiger partial charge in [-0.3, -0.25) is 4.79 Å². The van der Waals surface area contributed by atoms with E-state index in [0.717, 1.165) is 17.3 Å². The van der Waals surface area contributed by atoms with Crippen LogP contribution >= 0.6 is 11.6 Å². The van der Waals surface area contributed by atoms with E-state index in [1.807, 2.05) is 48.9 Å². The monoisotopic (exact) mass is 278 g/mol. The van der Waals surface area contributed by atoms with Crippen LogP contribution in [0.15, 0.2) is 30.5 Å². The summed E-state index contributed by atoms with van der Waals surface area (Å²) in [6, 6.07) is 7.72. The van der Waals surface area contributed by atoms with Crippen molar-refractivity contribution in [2.24, 2.45) is 0 Å². The van der Waals surface area contributed by atoms with Crippen LogP contribution in [-0.2, 0) is 11.3 Å². The molecule has 2 rings (SSSR count). The number of benzene rings is 1. The van der Waals surface area contributed by atoms with E-state index in [4.69, 9.17) is 11.6 Å². The predicted octanol–water partition coefficient (Wildman–Crippen LogP) is 3.60. The second-order valence-corrected chi connectivity index (χ2v) is 5.81. The number of amides is 1. The maximum Gasteiger partial charge on any atom is 0.240 e. The molecule has 4 heteroatoms. The topological polar surface area (TPSA) is 34.0 Å². The van der Waals surface area contributed by atoms with E-state index < -0.39 is 0 Å². The lowest BCUT2D eigenvalue weighted by molar-refractivity contribution is -0.123. The molecule has 3 nitrogen and oxygen atoms in total. The molecular formula is C15H19ClN2O. The molecule has 0 saturated heterocycles. The normalized spacial score (nSPS) is 11.8. The van der Waals surface area contributed by atoms with Crippen molar-refractivity contribution in [1.29, 1.82) is 0 Å². The van der Waals surface area contributed by atoms with Crippen molar-refractivity contribution in [3.63, 3.8) is 0 Å². The molecule has 0 saturated carbocycles. The van der Waals surface area contributed by atoms with Gasteiger partial charge in [-0.15, -0.1) is 0 Å². The lowest BCUT2D eigenvalue weighted by Crippen LogP contribution is -2.44. The van der Waals surface area contributed by atoms with Gasteiger partial charge in [0.25, 0.3) is 0 Å². The first-order chi connectivity index (χ1) is 8.93. The third-order valence-corrected chi connectivity index (χ3v) is 3.72. The smallest absolute Gasteiger partial charge is 0.240 e. The molecule has 102 valence electrons. The Labute approximate surface area is 118 Å². The van der Waals surface area contributed by atoms with Gasteiger partial charge in [0.15, 0.2) is 0 Å². The largest absolute Gasteiger partial charge is 0.350 e. The van der Waals surface area contributed by atoms with Crippen LogP contribution in [-0.4, -0.2) is 16.0 Å². The van der Waals surface area contributed by atoms with Crippen LogP contribution in [0.3, 0.4) is 0 Å². The molecule has 0 fully saturated rings. The Balaban J connectivity index is 2.20. The summed E-state index contributed by atoms with van der Waals surface area (Å²) in [4.78, 5) is 12.1. The maximum atomic E-state index is 12.1. The number of hydrogen-bond donors (Lipinski definition) is 1. The highest BCUT2D eigenvalue weighted by Gasteiger charge is 2.18. The first-order valence-electron chi connectivity index (χ1n) is 6.47. The number of aromatic nitrogens is 1. The molecule has 19 heavy (non-hydrogen) atoms. The molecule has 0 aliphatic carbocycles. The first kappa shape index (κ1) is 13.9. The van der Waals surface area contributed by atoms with Crippen LogP contribution in [0.4, 0.5) is 0 Å². The van der Waals surface area contributed by atoms with Crippen molar-refractivity contribution in [1.82, 2.24) is 9.88 Å². The van der Waals surface area contributed by atoms with Crippen molar-refractivity contribution in [3.05, 3.63) is 35.5 Å². The van der Waals surface area contributed by atoms with Crippen LogP contribution in [0.2, 0.25) is 5.02 Å². The van der Waals surface area contributed by atoms with Gasteiger partial charge in [-0.1, -0.05) is 30.7 Å². The number of nitrogens with one attached hydrogen (secondary N) is 1. The van der Waals surface area contributed by atoms with E-state index in [0.29, 0.717) is 5.02 Å². The fourth-order valence-corrected chi connectivity index (χ4v) is 2.30. The van der Waals surface area contributed by atoms with E-state index in [9.17, 15) is 4.79 Å². The summed E-state index contributed by atoms with van der Waals surface area (Å²) in [5.74, 6) is 0.00395. The molecule has 0 aliphatic heterocycles. The maximum absolute atomic E-state index is 12.1. The lowest BCUT2D eigenvalue weighted by atomic mass is 10.0. The lowest BCUT2D eigenvalue weighted by Gasteiger charge is -2.24. The van der Waals surface area contributed by atoms with Crippen molar-refractivity contribution in [2.75, 3.05) is 0 Å². The molecule has 0 radical (unpaired) electrons. The molecule has 1 amide bonds. The molecule has 1 heterocycles. The quantitative estimate of drug-likeness (QED) is 0.911. The third-order valence-electron chi connectivity index (χ3n) is 3.41. The van der Waals surface area contributed by atoms with Crippen LogP contribution in [0.25, 0.3) is 10.9 Å². The van der Waals surface area contributed by atoms with Crippen molar-refractivity contribution >= 4 is 28.4 Å². The molecule has 0 bridgehead atoms. The first-order valence-corrected chi connectivity index (χ1v) is 6.85. The number of nitrogens with zero attached hydrogens (tertiary/aromatic N) is 1. The Morgan fingerprint density at radius 2 is 2.11 bits per heavy atom. The summed E-state index contributed by atoms with van der Waals surface area (Å²) in [5, 5.41) is 4.75. The third kappa shape index (κ3) is 3.10. The van der Waals surface area contributed by atoms with Crippen molar-refractivity contribution in [2.45, 2.75) is 39.3 Å². The SMILES string of the molecule is CCC(C)(C)NC(=O)Cn1ccc2cccc(Cl)c21. The number of halogens is 1. The molecular weight excluding hydrogens is 260 g/mol. The van der Waals surface area contributed by atoms with Crippen molar-refractivity contribution < 1.29 is 4.79 Å². The van der Waals surface area contributed by atoms with Gasteiger partial charge in [0, 0.05) is 17.1 Å². The number of para-hydroxylation sites is 1. The van der Waals surface area contributed by atoms with Crippen LogP contribution < -0.4 is 5.32 Å². The Kier molecular flexibility index (Phi) is 3.85. The highest BCUT2D eigenvalue weighted by Crippen LogP contribution is 2.24. The van der Waals surface area contributed by atoms with Gasteiger partial charge in [-0.05, 0) is 32.4 Å². The Bertz CT molecular complexity index is 601. The minimum atomic E-state index is -0.177. The molecule has 1 N–H and O–H groups in total. The summed E-state index contributed by atoms with van der Waals surface area (Å²) < 4.78 is 1.89. The average Bonchev–Trinajstić information content (AvgIpc) is 2.73. The fourth-order valence-electron chi connectivity index (χ4n) is 2.01. The van der Waals surface area contributed by atoms with Gasteiger partial charge >= 0.3 is 0 Å². The molecule has 0 spiro atoms. The molecule has 2 aromatic rings. The summed E-state index contributed by atoms with van der Waals surface area (Å²) in [7, 11) is 0. The van der Waals surface area contributed by atoms with Gasteiger partial charge in [-0.2, -0.15) is 0 Å². The number of hydrogen-bond acceptors (Lipinski definition) is 1. The number of carbonyl (C=O) groups excluding carboxylic acids is 1. The van der Waals surface area contributed by atoms with Crippen LogP contribution in [0.1, 0.15) is 27.2 Å². The van der Waals surface area contributed by atoms with Crippen molar-refractivity contribution in [3.8, 4) is 0 Å². The summed E-state index contributed by atoms with van der Waals surface area (Å²) in [6.07, 6.45) is 2.79. The molecule has 1 aromatic carbocycles. The van der Waals surface area contributed by atoms with E-state index >= 15 is 0 Å². The summed E-state index contributed by atoms with van der Waals surface area (Å²) in [6.45, 7) is 6.39. The number of rotatable bonds is 4. The summed E-state index contributed by atoms with van der Waals surface area (Å²) >= 11 is 6.19. The number of carbonyl (C=O) groups is 1. The zero-order chi connectivity index (χ0) is 14.0. The molecule has 0 aliphatic rings. The zero-order valence-corrected chi connectivity index (χ0v) is 12.3. The second-order valence-electron chi connectivity index (χ2n) is 5.41. The highest BCUT2D eigenvalue weighted by molar-refractivity contribution is 6.35. The molecule has 0 atom stereocenters. The highest BCUT2D eigenvalue weighted by atomic mass is 35.5. The Morgan fingerprint density at radius 1 is 1.37 bits per heavy atom. The van der Waals surface area contributed by atoms with Gasteiger partial charge in [0.2, 0.25) is 5.91 Å². The van der Waals surface area contributed by atoms with E-state index in [1.54, 1.807) is 0 Å². The van der Waals surface area contributed by atoms with E-state index in [2.05, 4.69) is 12.2 Å².